The highest BCUT2D eigenvalue weighted by atomic mass is 15.7. The molecule has 0 bridgehead atoms. The Hall–Kier alpha value is -0.0800. The van der Waals surface area contributed by atoms with E-state index >= 15 is 0 Å². The van der Waals surface area contributed by atoms with Gasteiger partial charge in [-0.05, 0) is 0 Å². The van der Waals surface area contributed by atoms with Crippen molar-refractivity contribution >= 4 is 0 Å². The van der Waals surface area contributed by atoms with Crippen molar-refractivity contribution in [3.63, 3.8) is 0 Å². The predicted octanol–water partition coefficient (Wildman–Crippen LogP) is 0.559. The lowest BCUT2D eigenvalue weighted by Crippen LogP contribution is -2.28. The molecule has 48 valence electrons. The molecule has 1 rings (SSSR count). The van der Waals surface area contributed by atoms with Gasteiger partial charge in [-0.15, -0.1) is 0 Å². The Labute approximate surface area is 51.0 Å². The zero-order valence-corrected chi connectivity index (χ0v) is 5.72. The first kappa shape index (κ1) is 6.05. The smallest absolute Gasteiger partial charge is 0.0275 e. The summed E-state index contributed by atoms with van der Waals surface area (Å²) >= 11 is 0. The average Bonchev–Trinajstić information content (AvgIpc) is 2.53. The summed E-state index contributed by atoms with van der Waals surface area (Å²) in [6.45, 7) is 9.28. The SMILES string of the molecule is CCN(CC)N1CC1. The minimum atomic E-state index is 1.16. The van der Waals surface area contributed by atoms with Crippen LogP contribution in [0.25, 0.3) is 0 Å². The van der Waals surface area contributed by atoms with Gasteiger partial charge in [0.25, 0.3) is 0 Å². The number of hydrogen-bond donors (Lipinski definition) is 0. The van der Waals surface area contributed by atoms with Gasteiger partial charge < -0.3 is 0 Å². The molecule has 1 heterocycles. The Bertz CT molecular complexity index is 64.9. The van der Waals surface area contributed by atoms with Crippen molar-refractivity contribution < 1.29 is 0 Å². The molecular weight excluding hydrogens is 100 g/mol. The van der Waals surface area contributed by atoms with Crippen LogP contribution in [-0.4, -0.2) is 36.2 Å². The quantitative estimate of drug-likeness (QED) is 0.494. The molecular formula is C6H14N2. The van der Waals surface area contributed by atoms with Crippen LogP contribution in [-0.2, 0) is 0 Å². The summed E-state index contributed by atoms with van der Waals surface area (Å²) in [6, 6.07) is 0. The van der Waals surface area contributed by atoms with Crippen molar-refractivity contribution in [2.45, 2.75) is 13.8 Å². The third-order valence-corrected chi connectivity index (χ3v) is 1.55. The maximum absolute atomic E-state index is 2.36. The second-order valence-electron chi connectivity index (χ2n) is 2.09. The predicted molar refractivity (Wildman–Crippen MR) is 34.5 cm³/mol. The topological polar surface area (TPSA) is 6.25 Å². The fourth-order valence-corrected chi connectivity index (χ4v) is 0.951. The molecule has 0 aromatic rings. The van der Waals surface area contributed by atoms with Crippen LogP contribution < -0.4 is 0 Å². The van der Waals surface area contributed by atoms with Crippen molar-refractivity contribution in [2.24, 2.45) is 0 Å². The number of nitrogens with zero attached hydrogens (tertiary/aromatic N) is 2. The lowest BCUT2D eigenvalue weighted by atomic mass is 10.6. The van der Waals surface area contributed by atoms with E-state index in [1.807, 2.05) is 0 Å². The maximum atomic E-state index is 2.36. The summed E-state index contributed by atoms with van der Waals surface area (Å²) in [7, 11) is 0. The van der Waals surface area contributed by atoms with Gasteiger partial charge >= 0.3 is 0 Å². The van der Waals surface area contributed by atoms with Crippen LogP contribution in [0.3, 0.4) is 0 Å². The summed E-state index contributed by atoms with van der Waals surface area (Å²) in [4.78, 5) is 0. The molecule has 2 heteroatoms. The van der Waals surface area contributed by atoms with E-state index in [-0.39, 0.29) is 0 Å². The van der Waals surface area contributed by atoms with E-state index in [9.17, 15) is 0 Å². The van der Waals surface area contributed by atoms with E-state index in [0.29, 0.717) is 0 Å². The summed E-state index contributed by atoms with van der Waals surface area (Å²) in [6.07, 6.45) is 0. The van der Waals surface area contributed by atoms with Crippen LogP contribution in [0, 0.1) is 0 Å². The summed E-state index contributed by atoms with van der Waals surface area (Å²) in [5.41, 5.74) is 0. The zero-order chi connectivity index (χ0) is 5.98. The van der Waals surface area contributed by atoms with Crippen molar-refractivity contribution in [2.75, 3.05) is 26.2 Å². The molecule has 0 radical (unpaired) electrons. The van der Waals surface area contributed by atoms with Gasteiger partial charge in [0.05, 0.1) is 0 Å². The molecule has 0 spiro atoms. The largest absolute Gasteiger partial charge is 0.242 e. The highest BCUT2D eigenvalue weighted by Crippen LogP contribution is 2.07. The number of hydrazine groups is 1. The second-order valence-corrected chi connectivity index (χ2v) is 2.09. The van der Waals surface area contributed by atoms with Gasteiger partial charge in [0.15, 0.2) is 0 Å². The van der Waals surface area contributed by atoms with E-state index in [0.717, 1.165) is 13.1 Å². The van der Waals surface area contributed by atoms with Crippen LogP contribution in [0.1, 0.15) is 13.8 Å². The molecule has 0 atom stereocenters. The van der Waals surface area contributed by atoms with Gasteiger partial charge in [-0.1, -0.05) is 13.8 Å². The van der Waals surface area contributed by atoms with Gasteiger partial charge in [-0.2, -0.15) is 0 Å². The fraction of sp³-hybridized carbons (Fsp3) is 1.00. The molecule has 0 saturated carbocycles. The molecule has 1 aliphatic heterocycles. The summed E-state index contributed by atoms with van der Waals surface area (Å²) < 4.78 is 0. The molecule has 8 heavy (non-hydrogen) atoms. The van der Waals surface area contributed by atoms with Crippen LogP contribution >= 0.6 is 0 Å². The fourth-order valence-electron chi connectivity index (χ4n) is 0.951. The molecule has 0 N–H and O–H groups in total. The lowest BCUT2D eigenvalue weighted by Gasteiger charge is -2.17. The number of rotatable bonds is 3. The van der Waals surface area contributed by atoms with Crippen molar-refractivity contribution in [1.82, 2.24) is 10.0 Å². The van der Waals surface area contributed by atoms with Crippen molar-refractivity contribution in [3.05, 3.63) is 0 Å². The zero-order valence-electron chi connectivity index (χ0n) is 5.72. The van der Waals surface area contributed by atoms with E-state index in [1.165, 1.54) is 13.1 Å². The summed E-state index contributed by atoms with van der Waals surface area (Å²) in [5, 5.41) is 4.72. The second kappa shape index (κ2) is 2.46. The minimum Gasteiger partial charge on any atom is -0.242 e. The van der Waals surface area contributed by atoms with Crippen molar-refractivity contribution in [3.8, 4) is 0 Å². The van der Waals surface area contributed by atoms with Crippen molar-refractivity contribution in [1.29, 1.82) is 0 Å². The molecule has 0 amide bonds. The molecule has 1 aliphatic rings. The van der Waals surface area contributed by atoms with Crippen LogP contribution in [0.15, 0.2) is 0 Å². The molecule has 0 unspecified atom stereocenters. The highest BCUT2D eigenvalue weighted by molar-refractivity contribution is 4.68. The normalized spacial score (nSPS) is 19.9. The Morgan fingerprint density at radius 2 is 1.75 bits per heavy atom. The Morgan fingerprint density at radius 3 is 1.88 bits per heavy atom. The molecule has 0 aliphatic carbocycles. The van der Waals surface area contributed by atoms with E-state index in [2.05, 4.69) is 23.9 Å². The van der Waals surface area contributed by atoms with Crippen LogP contribution in [0.5, 0.6) is 0 Å². The van der Waals surface area contributed by atoms with Crippen LogP contribution in [0.2, 0.25) is 0 Å². The Kier molecular flexibility index (Phi) is 1.86. The third kappa shape index (κ3) is 1.20. The third-order valence-electron chi connectivity index (χ3n) is 1.55. The monoisotopic (exact) mass is 114 g/mol. The Balaban J connectivity index is 2.15. The maximum Gasteiger partial charge on any atom is 0.0275 e. The van der Waals surface area contributed by atoms with Gasteiger partial charge in [-0.25, -0.2) is 10.0 Å². The molecule has 1 fully saturated rings. The first-order valence-electron chi connectivity index (χ1n) is 3.38. The Morgan fingerprint density at radius 1 is 1.25 bits per heavy atom. The van der Waals surface area contributed by atoms with E-state index in [4.69, 9.17) is 0 Å². The molecule has 0 aromatic heterocycles. The first-order valence-corrected chi connectivity index (χ1v) is 3.38. The standard InChI is InChI=1S/C6H14N2/c1-3-7(4-2)8-5-6-8/h3-6H2,1-2H3. The highest BCUT2D eigenvalue weighted by Gasteiger charge is 2.21. The average molecular weight is 114 g/mol. The van der Waals surface area contributed by atoms with Gasteiger partial charge in [0.2, 0.25) is 0 Å². The molecule has 1 saturated heterocycles. The van der Waals surface area contributed by atoms with E-state index in [1.54, 1.807) is 0 Å². The van der Waals surface area contributed by atoms with Gasteiger partial charge in [0.1, 0.15) is 0 Å². The van der Waals surface area contributed by atoms with E-state index < -0.39 is 0 Å². The summed E-state index contributed by atoms with van der Waals surface area (Å²) in [5.74, 6) is 0. The molecule has 0 aromatic carbocycles. The number of hydrogen-bond acceptors (Lipinski definition) is 2. The van der Waals surface area contributed by atoms with Gasteiger partial charge in [0, 0.05) is 26.2 Å². The van der Waals surface area contributed by atoms with Crippen LogP contribution in [0.4, 0.5) is 0 Å². The van der Waals surface area contributed by atoms with Gasteiger partial charge in [-0.3, -0.25) is 0 Å². The minimum absolute atomic E-state index is 1.16. The lowest BCUT2D eigenvalue weighted by molar-refractivity contribution is 0.103. The first-order chi connectivity index (χ1) is 3.88. The molecule has 2 nitrogen and oxygen atoms in total.